The Kier molecular flexibility index (Phi) is 4.36. The van der Waals surface area contributed by atoms with E-state index >= 15 is 0 Å². The fraction of sp³-hybridized carbons (Fsp3) is 0.100. The van der Waals surface area contributed by atoms with Crippen LogP contribution < -0.4 is 10.6 Å². The molecule has 0 saturated heterocycles. The first-order valence-electron chi connectivity index (χ1n) is 8.63. The molecule has 0 aliphatic carbocycles. The Morgan fingerprint density at radius 3 is 2.50 bits per heavy atom. The number of allylic oxidation sites excluding steroid dienone is 1. The monoisotopic (exact) mass is 375 g/mol. The Labute approximate surface area is 160 Å². The van der Waals surface area contributed by atoms with Crippen molar-refractivity contribution < 1.29 is 14.7 Å². The number of rotatable bonds is 4. The number of carbonyl (C=O) groups excluding carboxylic acids is 1. The van der Waals surface area contributed by atoms with Crippen molar-refractivity contribution >= 4 is 23.4 Å². The van der Waals surface area contributed by atoms with E-state index < -0.39 is 17.9 Å². The van der Waals surface area contributed by atoms with E-state index in [-0.39, 0.29) is 17.2 Å². The largest absolute Gasteiger partial charge is 0.477 e. The average Bonchev–Trinajstić information content (AvgIpc) is 3.14. The van der Waals surface area contributed by atoms with Crippen molar-refractivity contribution in [2.75, 3.05) is 10.6 Å². The molecule has 0 bridgehead atoms. The van der Waals surface area contributed by atoms with Crippen LogP contribution in [0.5, 0.6) is 0 Å². The molecule has 3 N–H and O–H groups in total. The molecule has 1 amide bonds. The van der Waals surface area contributed by atoms with Gasteiger partial charge in [-0.1, -0.05) is 53.2 Å². The van der Waals surface area contributed by atoms with Gasteiger partial charge in [-0.15, -0.1) is 5.10 Å². The summed E-state index contributed by atoms with van der Waals surface area (Å²) < 4.78 is 1.51. The van der Waals surface area contributed by atoms with E-state index in [0.29, 0.717) is 5.69 Å². The topological polar surface area (TPSA) is 109 Å². The number of carboxylic acid groups (broad SMARTS) is 1. The predicted molar refractivity (Wildman–Crippen MR) is 103 cm³/mol. The highest BCUT2D eigenvalue weighted by molar-refractivity contribution is 6.07. The summed E-state index contributed by atoms with van der Waals surface area (Å²) in [5, 5.41) is 23.1. The zero-order chi connectivity index (χ0) is 19.7. The molecule has 1 aromatic heterocycles. The van der Waals surface area contributed by atoms with Gasteiger partial charge in [-0.3, -0.25) is 4.79 Å². The molecule has 1 atom stereocenters. The lowest BCUT2D eigenvalue weighted by Gasteiger charge is -2.23. The average molecular weight is 375 g/mol. The fourth-order valence-corrected chi connectivity index (χ4v) is 2.99. The first kappa shape index (κ1) is 17.5. The van der Waals surface area contributed by atoms with E-state index in [9.17, 15) is 14.7 Å². The molecule has 2 aromatic carbocycles. The Morgan fingerprint density at radius 2 is 1.82 bits per heavy atom. The molecule has 1 aliphatic rings. The molecule has 8 nitrogen and oxygen atoms in total. The Balaban J connectivity index is 1.70. The van der Waals surface area contributed by atoms with Crippen LogP contribution in [0.3, 0.4) is 0 Å². The third kappa shape index (κ3) is 3.23. The van der Waals surface area contributed by atoms with Crippen LogP contribution in [-0.4, -0.2) is 32.0 Å². The van der Waals surface area contributed by atoms with E-state index in [1.165, 1.54) is 4.68 Å². The van der Waals surface area contributed by atoms with Gasteiger partial charge in [-0.25, -0.2) is 9.48 Å². The minimum absolute atomic E-state index is 0.0216. The van der Waals surface area contributed by atoms with Crippen LogP contribution in [-0.2, 0) is 4.79 Å². The molecule has 0 unspecified atom stereocenters. The van der Waals surface area contributed by atoms with Crippen LogP contribution in [0.1, 0.15) is 27.7 Å². The minimum atomic E-state index is -1.13. The van der Waals surface area contributed by atoms with Gasteiger partial charge >= 0.3 is 5.97 Å². The predicted octanol–water partition coefficient (Wildman–Crippen LogP) is 2.82. The number of aliphatic carboxylic acids is 1. The number of anilines is 2. The highest BCUT2D eigenvalue weighted by Crippen LogP contribution is 2.31. The summed E-state index contributed by atoms with van der Waals surface area (Å²) in [5.74, 6) is -1.37. The maximum absolute atomic E-state index is 12.7. The summed E-state index contributed by atoms with van der Waals surface area (Å²) in [6, 6.07) is 16.1. The molecule has 0 spiro atoms. The van der Waals surface area contributed by atoms with Gasteiger partial charge in [-0.05, 0) is 30.7 Å². The zero-order valence-electron chi connectivity index (χ0n) is 15.0. The molecule has 0 fully saturated rings. The number of carboxylic acids is 1. The highest BCUT2D eigenvalue weighted by Gasteiger charge is 2.30. The van der Waals surface area contributed by atoms with Crippen LogP contribution in [0.2, 0.25) is 0 Å². The summed E-state index contributed by atoms with van der Waals surface area (Å²) in [5.41, 5.74) is 2.50. The number of amides is 1. The van der Waals surface area contributed by atoms with Crippen LogP contribution >= 0.6 is 0 Å². The maximum Gasteiger partial charge on any atom is 0.352 e. The Morgan fingerprint density at radius 1 is 1.11 bits per heavy atom. The van der Waals surface area contributed by atoms with Gasteiger partial charge in [0.05, 0.1) is 0 Å². The van der Waals surface area contributed by atoms with E-state index in [0.717, 1.165) is 11.1 Å². The number of nitrogens with one attached hydrogen (secondary N) is 2. The fourth-order valence-electron chi connectivity index (χ4n) is 2.99. The second kappa shape index (κ2) is 6.99. The number of nitrogens with zero attached hydrogens (tertiary/aromatic N) is 3. The number of hydrogen-bond donors (Lipinski definition) is 3. The van der Waals surface area contributed by atoms with Crippen molar-refractivity contribution in [1.82, 2.24) is 15.0 Å². The van der Waals surface area contributed by atoms with Gasteiger partial charge in [0, 0.05) is 5.69 Å². The summed E-state index contributed by atoms with van der Waals surface area (Å²) in [7, 11) is 0. The molecule has 1 aliphatic heterocycles. The van der Waals surface area contributed by atoms with E-state index in [1.54, 1.807) is 18.2 Å². The molecule has 0 saturated carbocycles. The first-order valence-corrected chi connectivity index (χ1v) is 8.63. The van der Waals surface area contributed by atoms with Gasteiger partial charge < -0.3 is 15.7 Å². The molecule has 0 radical (unpaired) electrons. The van der Waals surface area contributed by atoms with Gasteiger partial charge in [0.15, 0.2) is 11.5 Å². The van der Waals surface area contributed by atoms with Gasteiger partial charge in [-0.2, -0.15) is 0 Å². The minimum Gasteiger partial charge on any atom is -0.477 e. The molecule has 140 valence electrons. The van der Waals surface area contributed by atoms with Crippen molar-refractivity contribution in [3.63, 3.8) is 0 Å². The van der Waals surface area contributed by atoms with E-state index in [4.69, 9.17) is 0 Å². The molecular formula is C20H17N5O3. The molecule has 28 heavy (non-hydrogen) atoms. The number of aryl methyl sites for hydroxylation is 1. The molecular weight excluding hydrogens is 358 g/mol. The number of fused-ring (bicyclic) bond motifs is 1. The summed E-state index contributed by atoms with van der Waals surface area (Å²) in [6.45, 7) is 1.95. The van der Waals surface area contributed by atoms with Crippen LogP contribution in [0.4, 0.5) is 11.5 Å². The van der Waals surface area contributed by atoms with Gasteiger partial charge in [0.2, 0.25) is 0 Å². The van der Waals surface area contributed by atoms with Crippen molar-refractivity contribution in [2.24, 2.45) is 0 Å². The van der Waals surface area contributed by atoms with Gasteiger partial charge in [0.25, 0.3) is 5.91 Å². The van der Waals surface area contributed by atoms with Crippen molar-refractivity contribution in [3.05, 3.63) is 83.2 Å². The van der Waals surface area contributed by atoms with Crippen molar-refractivity contribution in [1.29, 1.82) is 0 Å². The number of hydrogen-bond acceptors (Lipinski definition) is 5. The molecule has 8 heteroatoms. The lowest BCUT2D eigenvalue weighted by Crippen LogP contribution is -2.25. The Bertz CT molecular complexity index is 1070. The van der Waals surface area contributed by atoms with E-state index in [2.05, 4.69) is 20.9 Å². The molecule has 4 rings (SSSR count). The number of aromatic nitrogens is 3. The summed E-state index contributed by atoms with van der Waals surface area (Å²) >= 11 is 0. The van der Waals surface area contributed by atoms with Crippen LogP contribution in [0.15, 0.2) is 66.4 Å². The standard InChI is InChI=1S/C20H17N5O3/c1-12-7-9-14(10-8-12)21-19(26)17-18-22-15(20(27)28)11-16(25(18)24-23-17)13-5-3-2-4-6-13/h2-11,16,22H,1H3,(H,21,26)(H,27,28)/t16-/m1/s1. The summed E-state index contributed by atoms with van der Waals surface area (Å²) in [6.07, 6.45) is 1.54. The maximum atomic E-state index is 12.7. The Hall–Kier alpha value is -3.94. The van der Waals surface area contributed by atoms with E-state index in [1.807, 2.05) is 49.4 Å². The zero-order valence-corrected chi connectivity index (χ0v) is 15.0. The normalized spacial score (nSPS) is 15.2. The van der Waals surface area contributed by atoms with Gasteiger partial charge in [0.1, 0.15) is 11.7 Å². The van der Waals surface area contributed by atoms with Crippen LogP contribution in [0.25, 0.3) is 0 Å². The number of benzene rings is 2. The highest BCUT2D eigenvalue weighted by atomic mass is 16.4. The van der Waals surface area contributed by atoms with Crippen LogP contribution in [0, 0.1) is 6.92 Å². The molecule has 2 heterocycles. The second-order valence-electron chi connectivity index (χ2n) is 6.42. The SMILES string of the molecule is Cc1ccc(NC(=O)c2nnn3c2NC(C(=O)O)=C[C@@H]3c2ccccc2)cc1. The van der Waals surface area contributed by atoms with Crippen molar-refractivity contribution in [3.8, 4) is 0 Å². The first-order chi connectivity index (χ1) is 13.5. The third-order valence-corrected chi connectivity index (χ3v) is 4.43. The lowest BCUT2D eigenvalue weighted by atomic mass is 10.0. The quantitative estimate of drug-likeness (QED) is 0.647. The third-order valence-electron chi connectivity index (χ3n) is 4.43. The molecule has 3 aromatic rings. The summed E-state index contributed by atoms with van der Waals surface area (Å²) in [4.78, 5) is 24.3. The smallest absolute Gasteiger partial charge is 0.352 e. The second-order valence-corrected chi connectivity index (χ2v) is 6.42. The lowest BCUT2D eigenvalue weighted by molar-refractivity contribution is -0.132. The number of carbonyl (C=O) groups is 2. The van der Waals surface area contributed by atoms with Crippen molar-refractivity contribution in [2.45, 2.75) is 13.0 Å².